The predicted octanol–water partition coefficient (Wildman–Crippen LogP) is 4.18. The molecule has 0 saturated heterocycles. The lowest BCUT2D eigenvalue weighted by Gasteiger charge is -2.17. The predicted molar refractivity (Wildman–Crippen MR) is 91.8 cm³/mol. The van der Waals surface area contributed by atoms with Crippen molar-refractivity contribution < 1.29 is 9.90 Å². The van der Waals surface area contributed by atoms with Crippen LogP contribution >= 0.6 is 0 Å². The van der Waals surface area contributed by atoms with E-state index in [1.54, 1.807) is 0 Å². The van der Waals surface area contributed by atoms with Crippen molar-refractivity contribution in [2.45, 2.75) is 65.4 Å². The largest absolute Gasteiger partial charge is 0.387 e. The Morgan fingerprint density at radius 2 is 1.73 bits per heavy atom. The van der Waals surface area contributed by atoms with Crippen LogP contribution in [-0.2, 0) is 4.79 Å². The summed E-state index contributed by atoms with van der Waals surface area (Å²) < 4.78 is 0. The summed E-state index contributed by atoms with van der Waals surface area (Å²) in [5.74, 6) is 0.610. The van der Waals surface area contributed by atoms with E-state index in [0.29, 0.717) is 5.92 Å². The molecule has 1 amide bonds. The van der Waals surface area contributed by atoms with Gasteiger partial charge in [0, 0.05) is 12.5 Å². The van der Waals surface area contributed by atoms with Crippen molar-refractivity contribution in [3.63, 3.8) is 0 Å². The van der Waals surface area contributed by atoms with E-state index in [0.717, 1.165) is 31.2 Å². The highest BCUT2D eigenvalue weighted by Gasteiger charge is 2.17. The Balaban J connectivity index is 2.50. The van der Waals surface area contributed by atoms with Crippen LogP contribution in [0.15, 0.2) is 24.3 Å². The van der Waals surface area contributed by atoms with Crippen LogP contribution in [0.2, 0.25) is 0 Å². The van der Waals surface area contributed by atoms with Crippen molar-refractivity contribution in [1.29, 1.82) is 0 Å². The zero-order valence-electron chi connectivity index (χ0n) is 14.4. The molecule has 22 heavy (non-hydrogen) atoms. The molecule has 0 saturated carbocycles. The summed E-state index contributed by atoms with van der Waals surface area (Å²) in [4.78, 5) is 12.1. The monoisotopic (exact) mass is 305 g/mol. The van der Waals surface area contributed by atoms with Gasteiger partial charge in [-0.25, -0.2) is 0 Å². The molecule has 0 bridgehead atoms. The molecule has 0 spiro atoms. The van der Waals surface area contributed by atoms with Crippen LogP contribution in [0.25, 0.3) is 0 Å². The van der Waals surface area contributed by atoms with E-state index in [2.05, 4.69) is 26.1 Å². The maximum atomic E-state index is 12.1. The van der Waals surface area contributed by atoms with E-state index < -0.39 is 6.10 Å². The number of rotatable bonds is 9. The third-order valence-corrected chi connectivity index (χ3v) is 4.23. The molecule has 0 aliphatic carbocycles. The number of hydrogen-bond donors (Lipinski definition) is 2. The highest BCUT2D eigenvalue weighted by Crippen LogP contribution is 2.19. The first kappa shape index (κ1) is 18.7. The molecule has 2 atom stereocenters. The molecule has 3 nitrogen and oxygen atoms in total. The van der Waals surface area contributed by atoms with Gasteiger partial charge in [0.15, 0.2) is 0 Å². The molecular weight excluding hydrogens is 274 g/mol. The Hall–Kier alpha value is -1.35. The molecule has 2 N–H and O–H groups in total. The molecule has 3 heteroatoms. The number of hydrogen-bond acceptors (Lipinski definition) is 2. The number of amides is 1. The van der Waals surface area contributed by atoms with Crippen LogP contribution in [0.1, 0.15) is 76.5 Å². The number of carbonyl (C=O) groups is 1. The summed E-state index contributed by atoms with van der Waals surface area (Å²) in [5.41, 5.74) is 2.11. The van der Waals surface area contributed by atoms with Crippen molar-refractivity contribution in [3.8, 4) is 0 Å². The van der Waals surface area contributed by atoms with Crippen LogP contribution in [0.4, 0.5) is 0 Å². The molecule has 0 heterocycles. The van der Waals surface area contributed by atoms with Gasteiger partial charge in [0.1, 0.15) is 0 Å². The van der Waals surface area contributed by atoms with Gasteiger partial charge in [-0.2, -0.15) is 0 Å². The van der Waals surface area contributed by atoms with Gasteiger partial charge in [-0.3, -0.25) is 4.79 Å². The SMILES string of the molecule is CCCCC(CC)C(=O)NCC(O)c1ccc(C(C)C)cc1. The second kappa shape index (κ2) is 9.62. The van der Waals surface area contributed by atoms with Crippen LogP contribution in [0.5, 0.6) is 0 Å². The van der Waals surface area contributed by atoms with Crippen molar-refractivity contribution >= 4 is 5.91 Å². The first-order chi connectivity index (χ1) is 10.5. The molecule has 0 aromatic heterocycles. The van der Waals surface area contributed by atoms with Crippen molar-refractivity contribution in [3.05, 3.63) is 35.4 Å². The van der Waals surface area contributed by atoms with E-state index in [1.165, 1.54) is 5.56 Å². The topological polar surface area (TPSA) is 49.3 Å². The number of aliphatic hydroxyl groups is 1. The molecule has 0 fully saturated rings. The average Bonchev–Trinajstić information content (AvgIpc) is 2.53. The van der Waals surface area contributed by atoms with Crippen LogP contribution in [-0.4, -0.2) is 17.6 Å². The number of nitrogens with one attached hydrogen (secondary N) is 1. The number of unbranched alkanes of at least 4 members (excludes halogenated alkanes) is 1. The molecule has 1 aromatic rings. The lowest BCUT2D eigenvalue weighted by Crippen LogP contribution is -2.33. The number of carbonyl (C=O) groups excluding carboxylic acids is 1. The lowest BCUT2D eigenvalue weighted by atomic mass is 9.98. The molecule has 124 valence electrons. The first-order valence-electron chi connectivity index (χ1n) is 8.55. The van der Waals surface area contributed by atoms with Crippen molar-refractivity contribution in [2.24, 2.45) is 5.92 Å². The summed E-state index contributed by atoms with van der Waals surface area (Å²) in [7, 11) is 0. The minimum Gasteiger partial charge on any atom is -0.387 e. The van der Waals surface area contributed by atoms with Gasteiger partial charge >= 0.3 is 0 Å². The van der Waals surface area contributed by atoms with Crippen LogP contribution < -0.4 is 5.32 Å². The van der Waals surface area contributed by atoms with E-state index in [1.807, 2.05) is 31.2 Å². The third-order valence-electron chi connectivity index (χ3n) is 4.23. The molecule has 0 radical (unpaired) electrons. The molecule has 0 aliphatic rings. The summed E-state index contributed by atoms with van der Waals surface area (Å²) in [6, 6.07) is 7.98. The third kappa shape index (κ3) is 5.80. The van der Waals surface area contributed by atoms with Gasteiger partial charge in [0.05, 0.1) is 6.10 Å². The van der Waals surface area contributed by atoms with E-state index >= 15 is 0 Å². The minimum atomic E-state index is -0.645. The average molecular weight is 305 g/mol. The summed E-state index contributed by atoms with van der Waals surface area (Å²) in [6.07, 6.45) is 3.32. The van der Waals surface area contributed by atoms with E-state index in [4.69, 9.17) is 0 Å². The normalized spacial score (nSPS) is 13.9. The number of aliphatic hydroxyl groups excluding tert-OH is 1. The smallest absolute Gasteiger partial charge is 0.223 e. The Kier molecular flexibility index (Phi) is 8.18. The standard InChI is InChI=1S/C19H31NO2/c1-5-7-8-15(6-2)19(22)20-13-18(21)17-11-9-16(10-12-17)14(3)4/h9-12,14-15,18,21H,5-8,13H2,1-4H3,(H,20,22). The van der Waals surface area contributed by atoms with Crippen molar-refractivity contribution in [1.82, 2.24) is 5.32 Å². The molecule has 1 rings (SSSR count). The molecule has 0 aliphatic heterocycles. The highest BCUT2D eigenvalue weighted by atomic mass is 16.3. The van der Waals surface area contributed by atoms with Gasteiger partial charge in [-0.1, -0.05) is 64.8 Å². The molecule has 1 aromatic carbocycles. The lowest BCUT2D eigenvalue weighted by molar-refractivity contribution is -0.125. The highest BCUT2D eigenvalue weighted by molar-refractivity contribution is 5.78. The number of benzene rings is 1. The fourth-order valence-electron chi connectivity index (χ4n) is 2.53. The van der Waals surface area contributed by atoms with Gasteiger partial charge in [-0.15, -0.1) is 0 Å². The first-order valence-corrected chi connectivity index (χ1v) is 8.55. The van der Waals surface area contributed by atoms with E-state index in [9.17, 15) is 9.90 Å². The van der Waals surface area contributed by atoms with Gasteiger partial charge in [0.2, 0.25) is 5.91 Å². The Bertz CT molecular complexity index is 439. The van der Waals surface area contributed by atoms with Crippen LogP contribution in [0.3, 0.4) is 0 Å². The summed E-state index contributed by atoms with van der Waals surface area (Å²) >= 11 is 0. The minimum absolute atomic E-state index is 0.0637. The van der Waals surface area contributed by atoms with Crippen molar-refractivity contribution in [2.75, 3.05) is 6.54 Å². The van der Waals surface area contributed by atoms with Gasteiger partial charge in [-0.05, 0) is 29.9 Å². The van der Waals surface area contributed by atoms with E-state index in [-0.39, 0.29) is 18.4 Å². The Morgan fingerprint density at radius 1 is 1.14 bits per heavy atom. The van der Waals surface area contributed by atoms with Gasteiger partial charge < -0.3 is 10.4 Å². The second-order valence-corrected chi connectivity index (χ2v) is 6.33. The zero-order chi connectivity index (χ0) is 16.5. The van der Waals surface area contributed by atoms with Gasteiger partial charge in [0.25, 0.3) is 0 Å². The maximum Gasteiger partial charge on any atom is 0.223 e. The Labute approximate surface area is 135 Å². The summed E-state index contributed by atoms with van der Waals surface area (Å²) in [5, 5.41) is 13.1. The fraction of sp³-hybridized carbons (Fsp3) is 0.632. The Morgan fingerprint density at radius 3 is 2.23 bits per heavy atom. The molecule has 2 unspecified atom stereocenters. The molecular formula is C19H31NO2. The summed E-state index contributed by atoms with van der Waals surface area (Å²) in [6.45, 7) is 8.75. The fourth-order valence-corrected chi connectivity index (χ4v) is 2.53. The second-order valence-electron chi connectivity index (χ2n) is 6.33. The quantitative estimate of drug-likeness (QED) is 0.719. The van der Waals surface area contributed by atoms with Crippen LogP contribution in [0, 0.1) is 5.92 Å². The maximum absolute atomic E-state index is 12.1. The zero-order valence-corrected chi connectivity index (χ0v) is 14.4.